The molecular weight excluding hydrogens is 298 g/mol. The predicted octanol–water partition coefficient (Wildman–Crippen LogP) is 6.01. The highest BCUT2D eigenvalue weighted by atomic mass is 32.1. The SMILES string of the molecule is c1ccc2c(c1)ccc1c3c(ccc12)CCCC3.c1cnsc1. The number of nitrogens with zero attached hydrogens (tertiary/aromatic N) is 1. The molecular formula is C21H19NS. The molecule has 0 saturated carbocycles. The van der Waals surface area contributed by atoms with Crippen LogP contribution in [0.3, 0.4) is 0 Å². The molecule has 0 fully saturated rings. The van der Waals surface area contributed by atoms with E-state index >= 15 is 0 Å². The van der Waals surface area contributed by atoms with Crippen LogP contribution in [0.1, 0.15) is 24.0 Å². The lowest BCUT2D eigenvalue weighted by atomic mass is 9.86. The molecule has 114 valence electrons. The monoisotopic (exact) mass is 317 g/mol. The summed E-state index contributed by atoms with van der Waals surface area (Å²) in [6, 6.07) is 19.9. The first-order valence-corrected chi connectivity index (χ1v) is 9.04. The Kier molecular flexibility index (Phi) is 4.08. The van der Waals surface area contributed by atoms with E-state index in [4.69, 9.17) is 0 Å². The van der Waals surface area contributed by atoms with Crippen LogP contribution in [0.25, 0.3) is 21.5 Å². The van der Waals surface area contributed by atoms with Gasteiger partial charge >= 0.3 is 0 Å². The second-order valence-corrected chi connectivity index (χ2v) is 6.67. The molecule has 1 nitrogen and oxygen atoms in total. The van der Waals surface area contributed by atoms with Gasteiger partial charge in [-0.1, -0.05) is 48.5 Å². The van der Waals surface area contributed by atoms with E-state index in [0.29, 0.717) is 0 Å². The van der Waals surface area contributed by atoms with E-state index in [1.165, 1.54) is 58.8 Å². The Morgan fingerprint density at radius 2 is 1.61 bits per heavy atom. The van der Waals surface area contributed by atoms with E-state index in [9.17, 15) is 0 Å². The summed E-state index contributed by atoms with van der Waals surface area (Å²) in [7, 11) is 0. The van der Waals surface area contributed by atoms with Gasteiger partial charge in [0.2, 0.25) is 0 Å². The van der Waals surface area contributed by atoms with Crippen LogP contribution in [0.5, 0.6) is 0 Å². The molecule has 0 unspecified atom stereocenters. The minimum absolute atomic E-state index is 1.25. The Labute approximate surface area is 140 Å². The topological polar surface area (TPSA) is 12.9 Å². The number of fused-ring (bicyclic) bond motifs is 5. The Balaban J connectivity index is 0.000000233. The number of benzene rings is 3. The summed E-state index contributed by atoms with van der Waals surface area (Å²) in [5, 5.41) is 7.57. The highest BCUT2D eigenvalue weighted by Crippen LogP contribution is 2.33. The molecule has 0 amide bonds. The van der Waals surface area contributed by atoms with Crippen LogP contribution in [-0.4, -0.2) is 4.37 Å². The summed E-state index contributed by atoms with van der Waals surface area (Å²) < 4.78 is 3.76. The molecule has 23 heavy (non-hydrogen) atoms. The molecule has 0 bridgehead atoms. The van der Waals surface area contributed by atoms with Gasteiger partial charge in [0.05, 0.1) is 0 Å². The highest BCUT2D eigenvalue weighted by Gasteiger charge is 2.13. The molecule has 2 heteroatoms. The third-order valence-corrected chi connectivity index (χ3v) is 5.13. The van der Waals surface area contributed by atoms with E-state index in [1.807, 2.05) is 11.4 Å². The van der Waals surface area contributed by atoms with Crippen LogP contribution in [0, 0.1) is 0 Å². The minimum atomic E-state index is 1.25. The van der Waals surface area contributed by atoms with Gasteiger partial charge in [0.25, 0.3) is 0 Å². The second-order valence-electron chi connectivity index (χ2n) is 5.98. The van der Waals surface area contributed by atoms with Gasteiger partial charge < -0.3 is 0 Å². The summed E-state index contributed by atoms with van der Waals surface area (Å²) in [6.07, 6.45) is 6.98. The van der Waals surface area contributed by atoms with Gasteiger partial charge in [-0.3, -0.25) is 0 Å². The maximum Gasteiger partial charge on any atom is 0.0406 e. The van der Waals surface area contributed by atoms with Crippen LogP contribution in [0.15, 0.2) is 66.2 Å². The van der Waals surface area contributed by atoms with E-state index in [2.05, 4.69) is 52.9 Å². The van der Waals surface area contributed by atoms with Crippen LogP contribution in [-0.2, 0) is 12.8 Å². The van der Waals surface area contributed by atoms with E-state index < -0.39 is 0 Å². The van der Waals surface area contributed by atoms with Crippen molar-refractivity contribution >= 4 is 33.1 Å². The molecule has 0 spiro atoms. The third-order valence-electron chi connectivity index (χ3n) is 4.60. The van der Waals surface area contributed by atoms with Gasteiger partial charge in [-0.2, -0.15) is 0 Å². The van der Waals surface area contributed by atoms with Crippen molar-refractivity contribution in [3.05, 3.63) is 77.3 Å². The lowest BCUT2D eigenvalue weighted by Gasteiger charge is -2.18. The maximum atomic E-state index is 3.76. The number of aryl methyl sites for hydroxylation is 2. The zero-order valence-electron chi connectivity index (χ0n) is 13.0. The zero-order valence-corrected chi connectivity index (χ0v) is 13.9. The van der Waals surface area contributed by atoms with E-state index in [0.717, 1.165) is 0 Å². The number of hydrogen-bond donors (Lipinski definition) is 0. The van der Waals surface area contributed by atoms with E-state index in [1.54, 1.807) is 17.3 Å². The van der Waals surface area contributed by atoms with Crippen LogP contribution >= 0.6 is 11.5 Å². The molecule has 5 rings (SSSR count). The molecule has 1 aliphatic rings. The lowest BCUT2D eigenvalue weighted by Crippen LogP contribution is -2.02. The Morgan fingerprint density at radius 3 is 2.43 bits per heavy atom. The van der Waals surface area contributed by atoms with Crippen LogP contribution in [0.4, 0.5) is 0 Å². The molecule has 1 aliphatic carbocycles. The second kappa shape index (κ2) is 6.51. The summed E-state index contributed by atoms with van der Waals surface area (Å²) in [4.78, 5) is 0. The number of aromatic nitrogens is 1. The average Bonchev–Trinajstić information content (AvgIpc) is 3.21. The molecule has 0 radical (unpaired) electrons. The van der Waals surface area contributed by atoms with Crippen molar-refractivity contribution in [1.82, 2.24) is 4.37 Å². The molecule has 1 heterocycles. The molecule has 0 atom stereocenters. The van der Waals surface area contributed by atoms with Crippen molar-refractivity contribution in [1.29, 1.82) is 0 Å². The Hall–Kier alpha value is -2.19. The van der Waals surface area contributed by atoms with Gasteiger partial charge in [0.15, 0.2) is 0 Å². The fourth-order valence-electron chi connectivity index (χ4n) is 3.52. The Morgan fingerprint density at radius 1 is 0.739 bits per heavy atom. The number of hydrogen-bond acceptors (Lipinski definition) is 2. The quantitative estimate of drug-likeness (QED) is 0.362. The summed E-state index contributed by atoms with van der Waals surface area (Å²) in [5.74, 6) is 0. The van der Waals surface area contributed by atoms with Crippen LogP contribution < -0.4 is 0 Å². The first-order chi connectivity index (χ1) is 11.4. The molecule has 1 aromatic heterocycles. The van der Waals surface area contributed by atoms with Gasteiger partial charge in [-0.15, -0.1) is 0 Å². The van der Waals surface area contributed by atoms with Gasteiger partial charge in [0, 0.05) is 11.6 Å². The van der Waals surface area contributed by atoms with Crippen molar-refractivity contribution in [2.24, 2.45) is 0 Å². The lowest BCUT2D eigenvalue weighted by molar-refractivity contribution is 0.690. The fraction of sp³-hybridized carbons (Fsp3) is 0.190. The van der Waals surface area contributed by atoms with Crippen LogP contribution in [0.2, 0.25) is 0 Å². The first-order valence-electron chi connectivity index (χ1n) is 8.20. The third kappa shape index (κ3) is 2.87. The smallest absolute Gasteiger partial charge is 0.0406 e. The molecule has 0 N–H and O–H groups in total. The minimum Gasteiger partial charge on any atom is -0.201 e. The average molecular weight is 317 g/mol. The van der Waals surface area contributed by atoms with Gasteiger partial charge in [-0.05, 0) is 76.0 Å². The highest BCUT2D eigenvalue weighted by molar-refractivity contribution is 7.03. The van der Waals surface area contributed by atoms with Crippen molar-refractivity contribution in [2.45, 2.75) is 25.7 Å². The van der Waals surface area contributed by atoms with Crippen molar-refractivity contribution in [2.75, 3.05) is 0 Å². The Bertz CT molecular complexity index is 908. The summed E-state index contributed by atoms with van der Waals surface area (Å²) in [5.41, 5.74) is 3.17. The van der Waals surface area contributed by atoms with E-state index in [-0.39, 0.29) is 0 Å². The van der Waals surface area contributed by atoms with Gasteiger partial charge in [-0.25, -0.2) is 4.37 Å². The largest absolute Gasteiger partial charge is 0.201 e. The standard InChI is InChI=1S/C18H16.C3H3NS/c1-3-7-15-13(5-1)9-11-18-16-8-4-2-6-14(16)10-12-17(15)18;1-2-4-5-3-1/h1,3,5,7,9-12H,2,4,6,8H2;1-3H. The normalized spacial score (nSPS) is 13.4. The zero-order chi connectivity index (χ0) is 15.5. The van der Waals surface area contributed by atoms with Crippen molar-refractivity contribution in [3.63, 3.8) is 0 Å². The summed E-state index contributed by atoms with van der Waals surface area (Å²) in [6.45, 7) is 0. The number of rotatable bonds is 0. The fourth-order valence-corrected chi connectivity index (χ4v) is 3.87. The van der Waals surface area contributed by atoms with Crippen molar-refractivity contribution in [3.8, 4) is 0 Å². The molecule has 3 aromatic carbocycles. The first kappa shape index (κ1) is 14.4. The maximum absolute atomic E-state index is 3.76. The van der Waals surface area contributed by atoms with Crippen molar-refractivity contribution < 1.29 is 0 Å². The predicted molar refractivity (Wildman–Crippen MR) is 100 cm³/mol. The molecule has 0 saturated heterocycles. The molecule has 4 aromatic rings. The molecule has 0 aliphatic heterocycles. The summed E-state index contributed by atoms with van der Waals surface area (Å²) >= 11 is 1.46. The van der Waals surface area contributed by atoms with Gasteiger partial charge in [0.1, 0.15) is 0 Å².